The van der Waals surface area contributed by atoms with E-state index in [1.165, 1.54) is 0 Å². The topological polar surface area (TPSA) is 83.6 Å². The molecule has 1 saturated heterocycles. The molecule has 1 atom stereocenters. The fraction of sp³-hybridized carbons (Fsp3) is 0.444. The average Bonchev–Trinajstić information content (AvgIpc) is 2.79. The Morgan fingerprint density at radius 1 is 1.17 bits per heavy atom. The quantitative estimate of drug-likeness (QED) is 0.857. The van der Waals surface area contributed by atoms with Crippen molar-refractivity contribution in [3.05, 3.63) is 34.9 Å². The van der Waals surface area contributed by atoms with Crippen LogP contribution in [-0.2, 0) is 15.0 Å². The first-order chi connectivity index (χ1) is 11.3. The molecule has 2 aliphatic rings. The lowest BCUT2D eigenvalue weighted by molar-refractivity contribution is -0.136. The lowest BCUT2D eigenvalue weighted by Gasteiger charge is -2.28. The van der Waals surface area contributed by atoms with E-state index in [-0.39, 0.29) is 24.2 Å². The minimum atomic E-state index is -0.923. The zero-order valence-electron chi connectivity index (χ0n) is 14.0. The van der Waals surface area contributed by atoms with Gasteiger partial charge in [0.1, 0.15) is 6.04 Å². The minimum absolute atomic E-state index is 0.122. The van der Waals surface area contributed by atoms with Crippen molar-refractivity contribution in [3.8, 4) is 0 Å². The Kier molecular flexibility index (Phi) is 3.78. The number of nitrogens with one attached hydrogen (secondary N) is 1. The molecule has 1 unspecified atom stereocenters. The van der Waals surface area contributed by atoms with E-state index >= 15 is 0 Å². The maximum absolute atomic E-state index is 13.0. The molecule has 24 heavy (non-hydrogen) atoms. The molecule has 1 fully saturated rings. The number of hydrogen-bond donors (Lipinski definition) is 1. The monoisotopic (exact) mass is 328 g/mol. The van der Waals surface area contributed by atoms with E-state index in [1.807, 2.05) is 26.8 Å². The third-order valence-electron chi connectivity index (χ3n) is 5.08. The summed E-state index contributed by atoms with van der Waals surface area (Å²) in [5.74, 6) is -1.86. The van der Waals surface area contributed by atoms with Gasteiger partial charge in [-0.2, -0.15) is 0 Å². The average molecular weight is 328 g/mol. The van der Waals surface area contributed by atoms with Crippen LogP contribution in [0.4, 0.5) is 0 Å². The van der Waals surface area contributed by atoms with Crippen molar-refractivity contribution in [2.45, 2.75) is 51.5 Å². The lowest BCUT2D eigenvalue weighted by atomic mass is 9.79. The van der Waals surface area contributed by atoms with E-state index in [1.54, 1.807) is 12.1 Å². The SMILES string of the molecule is CCC(C)(C)c1cccc2c1C(=O)N(C1CCC(=O)NC1=O)C2=O. The van der Waals surface area contributed by atoms with E-state index in [0.717, 1.165) is 16.9 Å². The van der Waals surface area contributed by atoms with Crippen molar-refractivity contribution in [1.29, 1.82) is 0 Å². The molecule has 0 aromatic heterocycles. The first-order valence-electron chi connectivity index (χ1n) is 8.13. The summed E-state index contributed by atoms with van der Waals surface area (Å²) in [5, 5.41) is 2.21. The summed E-state index contributed by atoms with van der Waals surface area (Å²) in [6.45, 7) is 6.07. The Balaban J connectivity index is 2.05. The highest BCUT2D eigenvalue weighted by Crippen LogP contribution is 2.36. The summed E-state index contributed by atoms with van der Waals surface area (Å²) in [6, 6.07) is 4.33. The number of carbonyl (C=O) groups is 4. The number of imide groups is 2. The molecule has 6 nitrogen and oxygen atoms in total. The molecular weight excluding hydrogens is 308 g/mol. The molecule has 1 aromatic carbocycles. The highest BCUT2D eigenvalue weighted by molar-refractivity contribution is 6.24. The number of benzene rings is 1. The number of carbonyl (C=O) groups excluding carboxylic acids is 4. The Morgan fingerprint density at radius 2 is 1.88 bits per heavy atom. The summed E-state index contributed by atoms with van der Waals surface area (Å²) in [5.41, 5.74) is 1.28. The van der Waals surface area contributed by atoms with Gasteiger partial charge in [-0.25, -0.2) is 0 Å². The zero-order chi connectivity index (χ0) is 17.6. The second-order valence-electron chi connectivity index (χ2n) is 6.91. The fourth-order valence-corrected chi connectivity index (χ4v) is 3.27. The van der Waals surface area contributed by atoms with Crippen molar-refractivity contribution >= 4 is 23.6 Å². The predicted octanol–water partition coefficient (Wildman–Crippen LogP) is 1.78. The summed E-state index contributed by atoms with van der Waals surface area (Å²) < 4.78 is 0. The van der Waals surface area contributed by atoms with Gasteiger partial charge in [0.05, 0.1) is 11.1 Å². The lowest BCUT2D eigenvalue weighted by Crippen LogP contribution is -2.54. The molecule has 0 bridgehead atoms. The van der Waals surface area contributed by atoms with Gasteiger partial charge in [0.2, 0.25) is 11.8 Å². The number of amides is 4. The van der Waals surface area contributed by atoms with E-state index < -0.39 is 23.8 Å². The standard InChI is InChI=1S/C18H20N2O4/c1-4-18(2,3)11-7-5-6-10-14(11)17(24)20(16(10)23)12-8-9-13(21)19-15(12)22/h5-7,12H,4,8-9H2,1-3H3,(H,19,21,22). The van der Waals surface area contributed by atoms with Crippen molar-refractivity contribution in [3.63, 3.8) is 0 Å². The van der Waals surface area contributed by atoms with E-state index in [9.17, 15) is 19.2 Å². The Bertz CT molecular complexity index is 766. The molecule has 2 aliphatic heterocycles. The Morgan fingerprint density at radius 3 is 2.50 bits per heavy atom. The normalized spacial score (nSPS) is 21.1. The van der Waals surface area contributed by atoms with E-state index in [4.69, 9.17) is 0 Å². The Labute approximate surface area is 140 Å². The van der Waals surface area contributed by atoms with Gasteiger partial charge in [-0.3, -0.25) is 29.4 Å². The smallest absolute Gasteiger partial charge is 0.262 e. The van der Waals surface area contributed by atoms with Crippen molar-refractivity contribution in [1.82, 2.24) is 10.2 Å². The van der Waals surface area contributed by atoms with Crippen LogP contribution in [0.1, 0.15) is 66.3 Å². The summed E-state index contributed by atoms with van der Waals surface area (Å²) in [4.78, 5) is 50.1. The first-order valence-corrected chi connectivity index (χ1v) is 8.13. The minimum Gasteiger partial charge on any atom is -0.295 e. The number of nitrogens with zero attached hydrogens (tertiary/aromatic N) is 1. The first kappa shape index (κ1) is 16.4. The second-order valence-corrected chi connectivity index (χ2v) is 6.91. The van der Waals surface area contributed by atoms with Crippen LogP contribution < -0.4 is 5.32 Å². The number of hydrogen-bond acceptors (Lipinski definition) is 4. The summed E-state index contributed by atoms with van der Waals surface area (Å²) in [7, 11) is 0. The molecule has 3 rings (SSSR count). The zero-order valence-corrected chi connectivity index (χ0v) is 14.0. The summed E-state index contributed by atoms with van der Waals surface area (Å²) in [6.07, 6.45) is 1.10. The van der Waals surface area contributed by atoms with Gasteiger partial charge < -0.3 is 0 Å². The molecule has 1 N–H and O–H groups in total. The molecular formula is C18H20N2O4. The fourth-order valence-electron chi connectivity index (χ4n) is 3.27. The summed E-state index contributed by atoms with van der Waals surface area (Å²) >= 11 is 0. The molecule has 0 aliphatic carbocycles. The maximum Gasteiger partial charge on any atom is 0.262 e. The Hall–Kier alpha value is -2.50. The third kappa shape index (κ3) is 2.33. The van der Waals surface area contributed by atoms with Gasteiger partial charge in [0, 0.05) is 6.42 Å². The third-order valence-corrected chi connectivity index (χ3v) is 5.08. The van der Waals surface area contributed by atoms with Crippen molar-refractivity contribution in [2.75, 3.05) is 0 Å². The molecule has 0 spiro atoms. The van der Waals surface area contributed by atoms with Crippen LogP contribution in [0.3, 0.4) is 0 Å². The van der Waals surface area contributed by atoms with Gasteiger partial charge in [-0.15, -0.1) is 0 Å². The second kappa shape index (κ2) is 5.54. The van der Waals surface area contributed by atoms with Gasteiger partial charge in [-0.05, 0) is 29.9 Å². The highest BCUT2D eigenvalue weighted by Gasteiger charge is 2.46. The van der Waals surface area contributed by atoms with Crippen LogP contribution in [0.15, 0.2) is 18.2 Å². The largest absolute Gasteiger partial charge is 0.295 e. The molecule has 2 heterocycles. The highest BCUT2D eigenvalue weighted by atomic mass is 16.2. The molecule has 0 radical (unpaired) electrons. The molecule has 4 amide bonds. The van der Waals surface area contributed by atoms with Crippen molar-refractivity contribution in [2.24, 2.45) is 0 Å². The van der Waals surface area contributed by atoms with Crippen LogP contribution in [-0.4, -0.2) is 34.6 Å². The maximum atomic E-state index is 13.0. The predicted molar refractivity (Wildman–Crippen MR) is 86.4 cm³/mol. The van der Waals surface area contributed by atoms with Gasteiger partial charge in [0.25, 0.3) is 11.8 Å². The van der Waals surface area contributed by atoms with Crippen LogP contribution >= 0.6 is 0 Å². The van der Waals surface area contributed by atoms with Crippen molar-refractivity contribution < 1.29 is 19.2 Å². The number of rotatable bonds is 3. The molecule has 6 heteroatoms. The van der Waals surface area contributed by atoms with Gasteiger partial charge in [-0.1, -0.05) is 32.9 Å². The molecule has 126 valence electrons. The van der Waals surface area contributed by atoms with E-state index in [2.05, 4.69) is 5.32 Å². The van der Waals surface area contributed by atoms with E-state index in [0.29, 0.717) is 11.1 Å². The van der Waals surface area contributed by atoms with Gasteiger partial charge >= 0.3 is 0 Å². The number of fused-ring (bicyclic) bond motifs is 1. The van der Waals surface area contributed by atoms with Gasteiger partial charge in [0.15, 0.2) is 0 Å². The number of piperidine rings is 1. The van der Waals surface area contributed by atoms with Crippen LogP contribution in [0.5, 0.6) is 0 Å². The van der Waals surface area contributed by atoms with Crippen LogP contribution in [0.2, 0.25) is 0 Å². The van der Waals surface area contributed by atoms with Crippen LogP contribution in [0, 0.1) is 0 Å². The molecule has 0 saturated carbocycles. The van der Waals surface area contributed by atoms with Crippen LogP contribution in [0.25, 0.3) is 0 Å². The molecule has 1 aromatic rings.